The van der Waals surface area contributed by atoms with Gasteiger partial charge in [0.05, 0.1) is 12.2 Å². The van der Waals surface area contributed by atoms with Crippen molar-refractivity contribution in [3.63, 3.8) is 0 Å². The molecular formula is C18H22N6O. The van der Waals surface area contributed by atoms with Crippen LogP contribution >= 0.6 is 0 Å². The summed E-state index contributed by atoms with van der Waals surface area (Å²) in [7, 11) is 0. The standard InChI is InChI=1S/C18H22N6O/c1-13-21-18(19)24(22-13)16-6-8-23(9-7-16)11-14-2-4-15(5-3-14)17-10-20-12-25-17/h2-5,10,12,16H,6-9,11H2,1H3,(H2,19,21,22). The van der Waals surface area contributed by atoms with Gasteiger partial charge in [0.1, 0.15) is 5.82 Å². The third-order valence-electron chi connectivity index (χ3n) is 4.74. The van der Waals surface area contributed by atoms with Crippen molar-refractivity contribution < 1.29 is 4.42 Å². The molecule has 25 heavy (non-hydrogen) atoms. The topological polar surface area (TPSA) is 86.0 Å². The molecule has 3 aromatic rings. The molecule has 7 nitrogen and oxygen atoms in total. The van der Waals surface area contributed by atoms with Gasteiger partial charge in [-0.25, -0.2) is 9.67 Å². The van der Waals surface area contributed by atoms with Gasteiger partial charge in [-0.05, 0) is 25.3 Å². The van der Waals surface area contributed by atoms with E-state index in [0.717, 1.165) is 49.6 Å². The second kappa shape index (κ2) is 6.68. The molecule has 130 valence electrons. The Labute approximate surface area is 146 Å². The Morgan fingerprint density at radius 1 is 1.20 bits per heavy atom. The molecular weight excluding hydrogens is 316 g/mol. The maximum absolute atomic E-state index is 5.95. The van der Waals surface area contributed by atoms with Crippen LogP contribution in [0.1, 0.15) is 30.3 Å². The molecule has 0 spiro atoms. The number of rotatable bonds is 4. The summed E-state index contributed by atoms with van der Waals surface area (Å²) in [5.74, 6) is 2.07. The zero-order chi connectivity index (χ0) is 17.2. The Morgan fingerprint density at radius 3 is 2.56 bits per heavy atom. The maximum atomic E-state index is 5.95. The number of anilines is 1. The molecule has 4 rings (SSSR count). The minimum Gasteiger partial charge on any atom is -0.444 e. The molecule has 0 atom stereocenters. The van der Waals surface area contributed by atoms with Crippen molar-refractivity contribution in [3.05, 3.63) is 48.2 Å². The third-order valence-corrected chi connectivity index (χ3v) is 4.74. The van der Waals surface area contributed by atoms with Crippen molar-refractivity contribution in [2.45, 2.75) is 32.4 Å². The van der Waals surface area contributed by atoms with Crippen LogP contribution in [0.5, 0.6) is 0 Å². The van der Waals surface area contributed by atoms with Crippen LogP contribution in [0.4, 0.5) is 5.95 Å². The van der Waals surface area contributed by atoms with E-state index in [0.29, 0.717) is 12.0 Å². The van der Waals surface area contributed by atoms with Crippen molar-refractivity contribution in [3.8, 4) is 11.3 Å². The predicted octanol–water partition coefficient (Wildman–Crippen LogP) is 2.66. The van der Waals surface area contributed by atoms with Gasteiger partial charge in [0.2, 0.25) is 5.95 Å². The van der Waals surface area contributed by atoms with Gasteiger partial charge in [-0.1, -0.05) is 24.3 Å². The Balaban J connectivity index is 1.35. The number of nitrogens with two attached hydrogens (primary N) is 1. The molecule has 1 fully saturated rings. The lowest BCUT2D eigenvalue weighted by Gasteiger charge is -2.32. The van der Waals surface area contributed by atoms with Crippen LogP contribution in [-0.4, -0.2) is 37.7 Å². The fraction of sp³-hybridized carbons (Fsp3) is 0.389. The summed E-state index contributed by atoms with van der Waals surface area (Å²) < 4.78 is 7.22. The lowest BCUT2D eigenvalue weighted by Crippen LogP contribution is -2.34. The van der Waals surface area contributed by atoms with Crippen LogP contribution in [-0.2, 0) is 6.54 Å². The number of aryl methyl sites for hydroxylation is 1. The van der Waals surface area contributed by atoms with Crippen molar-refractivity contribution >= 4 is 5.95 Å². The van der Waals surface area contributed by atoms with E-state index >= 15 is 0 Å². The maximum Gasteiger partial charge on any atom is 0.218 e. The Hall–Kier alpha value is -2.67. The molecule has 0 saturated carbocycles. The molecule has 1 aromatic carbocycles. The zero-order valence-corrected chi connectivity index (χ0v) is 14.3. The number of hydrogen-bond donors (Lipinski definition) is 1. The lowest BCUT2D eigenvalue weighted by molar-refractivity contribution is 0.174. The number of oxazole rings is 1. The summed E-state index contributed by atoms with van der Waals surface area (Å²) in [5.41, 5.74) is 8.30. The fourth-order valence-corrected chi connectivity index (χ4v) is 3.43. The molecule has 0 radical (unpaired) electrons. The molecule has 2 aromatic heterocycles. The zero-order valence-electron chi connectivity index (χ0n) is 14.3. The summed E-state index contributed by atoms with van der Waals surface area (Å²) in [6.45, 7) is 4.90. The molecule has 1 saturated heterocycles. The van der Waals surface area contributed by atoms with E-state index in [1.165, 1.54) is 12.0 Å². The van der Waals surface area contributed by atoms with Gasteiger partial charge in [0.25, 0.3) is 0 Å². The van der Waals surface area contributed by atoms with Crippen molar-refractivity contribution in [2.75, 3.05) is 18.8 Å². The van der Waals surface area contributed by atoms with Gasteiger partial charge >= 0.3 is 0 Å². The van der Waals surface area contributed by atoms with Gasteiger partial charge in [-0.3, -0.25) is 4.90 Å². The highest BCUT2D eigenvalue weighted by Gasteiger charge is 2.23. The van der Waals surface area contributed by atoms with Gasteiger partial charge in [0, 0.05) is 25.2 Å². The largest absolute Gasteiger partial charge is 0.444 e. The predicted molar refractivity (Wildman–Crippen MR) is 94.7 cm³/mol. The van der Waals surface area contributed by atoms with Crippen molar-refractivity contribution in [2.24, 2.45) is 0 Å². The summed E-state index contributed by atoms with van der Waals surface area (Å²) >= 11 is 0. The van der Waals surface area contributed by atoms with E-state index in [1.807, 2.05) is 11.6 Å². The van der Waals surface area contributed by atoms with E-state index in [-0.39, 0.29) is 0 Å². The molecule has 1 aliphatic heterocycles. The lowest BCUT2D eigenvalue weighted by atomic mass is 10.0. The fourth-order valence-electron chi connectivity index (χ4n) is 3.43. The molecule has 3 heterocycles. The Kier molecular flexibility index (Phi) is 4.23. The number of hydrogen-bond acceptors (Lipinski definition) is 6. The van der Waals surface area contributed by atoms with Crippen molar-refractivity contribution in [1.82, 2.24) is 24.6 Å². The molecule has 0 bridgehead atoms. The van der Waals surface area contributed by atoms with E-state index in [9.17, 15) is 0 Å². The van der Waals surface area contributed by atoms with Gasteiger partial charge < -0.3 is 10.2 Å². The number of nitrogen functional groups attached to an aromatic ring is 1. The monoisotopic (exact) mass is 338 g/mol. The van der Waals surface area contributed by atoms with Gasteiger partial charge in [-0.2, -0.15) is 10.1 Å². The number of benzene rings is 1. The Morgan fingerprint density at radius 2 is 1.96 bits per heavy atom. The second-order valence-corrected chi connectivity index (χ2v) is 6.53. The normalized spacial score (nSPS) is 16.4. The smallest absolute Gasteiger partial charge is 0.218 e. The first-order chi connectivity index (χ1) is 12.2. The second-order valence-electron chi connectivity index (χ2n) is 6.53. The van der Waals surface area contributed by atoms with Crippen LogP contribution in [0.15, 0.2) is 41.3 Å². The SMILES string of the molecule is Cc1nc(N)n(C2CCN(Cc3ccc(-c4cnco4)cc3)CC2)n1. The molecule has 7 heteroatoms. The summed E-state index contributed by atoms with van der Waals surface area (Å²) in [6.07, 6.45) is 5.28. The number of aromatic nitrogens is 4. The minimum absolute atomic E-state index is 0.353. The minimum atomic E-state index is 0.353. The molecule has 0 unspecified atom stereocenters. The first-order valence-corrected chi connectivity index (χ1v) is 8.58. The van der Waals surface area contributed by atoms with Crippen LogP contribution in [0.25, 0.3) is 11.3 Å². The summed E-state index contributed by atoms with van der Waals surface area (Å²) in [4.78, 5) is 10.6. The van der Waals surface area contributed by atoms with Crippen LogP contribution in [0.2, 0.25) is 0 Å². The summed E-state index contributed by atoms with van der Waals surface area (Å²) in [5, 5.41) is 4.43. The first-order valence-electron chi connectivity index (χ1n) is 8.58. The number of piperidine rings is 1. The highest BCUT2D eigenvalue weighted by molar-refractivity contribution is 5.56. The average Bonchev–Trinajstić information content (AvgIpc) is 3.26. The van der Waals surface area contributed by atoms with Crippen LogP contribution in [0, 0.1) is 6.92 Å². The molecule has 1 aliphatic rings. The van der Waals surface area contributed by atoms with Crippen LogP contribution in [0.3, 0.4) is 0 Å². The van der Waals surface area contributed by atoms with E-state index in [4.69, 9.17) is 10.2 Å². The first kappa shape index (κ1) is 15.8. The molecule has 0 aliphatic carbocycles. The Bertz CT molecular complexity index is 816. The van der Waals surface area contributed by atoms with Crippen LogP contribution < -0.4 is 5.73 Å². The summed E-state index contributed by atoms with van der Waals surface area (Å²) in [6, 6.07) is 8.83. The molecule has 2 N–H and O–H groups in total. The van der Waals surface area contributed by atoms with Gasteiger partial charge in [-0.15, -0.1) is 0 Å². The van der Waals surface area contributed by atoms with Crippen molar-refractivity contribution in [1.29, 1.82) is 0 Å². The van der Waals surface area contributed by atoms with E-state index in [2.05, 4.69) is 44.2 Å². The highest BCUT2D eigenvalue weighted by atomic mass is 16.3. The highest BCUT2D eigenvalue weighted by Crippen LogP contribution is 2.25. The van der Waals surface area contributed by atoms with Gasteiger partial charge in [0.15, 0.2) is 12.2 Å². The quantitative estimate of drug-likeness (QED) is 0.787. The molecule has 0 amide bonds. The third kappa shape index (κ3) is 3.41. The van der Waals surface area contributed by atoms with E-state index in [1.54, 1.807) is 6.20 Å². The van der Waals surface area contributed by atoms with E-state index < -0.39 is 0 Å². The number of likely N-dealkylation sites (tertiary alicyclic amines) is 1. The average molecular weight is 338 g/mol. The number of nitrogens with zero attached hydrogens (tertiary/aromatic N) is 5.